The number of hydrogen-bond donors (Lipinski definition) is 2. The zero-order valence-electron chi connectivity index (χ0n) is 25.5. The molecule has 3 aromatic rings. The van der Waals surface area contributed by atoms with Gasteiger partial charge in [0, 0.05) is 58.1 Å². The Morgan fingerprint density at radius 2 is 1.91 bits per heavy atom. The number of alkyl halides is 2. The van der Waals surface area contributed by atoms with Crippen LogP contribution in [0.1, 0.15) is 74.0 Å². The van der Waals surface area contributed by atoms with E-state index in [2.05, 4.69) is 39.4 Å². The smallest absolute Gasteiger partial charge is 0.280 e. The topological polar surface area (TPSA) is 106 Å². The molecule has 0 fully saturated rings. The molecular formula is C33H35F2N5O3S. The van der Waals surface area contributed by atoms with Crippen molar-refractivity contribution >= 4 is 29.3 Å². The van der Waals surface area contributed by atoms with E-state index in [-0.39, 0.29) is 28.0 Å². The molecule has 8 nitrogen and oxygen atoms in total. The summed E-state index contributed by atoms with van der Waals surface area (Å²) in [5, 5.41) is 6.52. The van der Waals surface area contributed by atoms with Gasteiger partial charge in [0.25, 0.3) is 12.3 Å². The highest BCUT2D eigenvalue weighted by Gasteiger charge is 2.43. The molecule has 3 heterocycles. The molecule has 230 valence electrons. The van der Waals surface area contributed by atoms with E-state index in [0.29, 0.717) is 52.7 Å². The zero-order chi connectivity index (χ0) is 31.8. The first-order valence-electron chi connectivity index (χ1n) is 14.3. The first-order valence-corrected chi connectivity index (χ1v) is 15.2. The molecule has 5 rings (SSSR count). The van der Waals surface area contributed by atoms with Crippen molar-refractivity contribution in [2.24, 2.45) is 5.41 Å². The number of Topliss-reactive ketones (excluding diaryl/α,β-unsaturated/α-hetero) is 1. The minimum atomic E-state index is -2.70. The molecular weight excluding hydrogens is 584 g/mol. The van der Waals surface area contributed by atoms with E-state index < -0.39 is 12.3 Å². The first kappa shape index (κ1) is 31.3. The fraction of sp³-hybridized carbons (Fsp3) is 0.364. The molecule has 1 aliphatic carbocycles. The van der Waals surface area contributed by atoms with Crippen LogP contribution in [0.15, 0.2) is 70.3 Å². The lowest BCUT2D eigenvalue weighted by atomic mass is 9.68. The SMILES string of the molecule is COc1ccc([C@H]2C(C(=O)Nc3ccc(C)cn3)=C(C)NC3=C2C(=O)CC(C)(C)C3)cc1CSc1nc(C)cc(C(F)F)n1. The Balaban J connectivity index is 1.56. The highest BCUT2D eigenvalue weighted by atomic mass is 32.2. The van der Waals surface area contributed by atoms with Gasteiger partial charge in [-0.05, 0) is 61.9 Å². The van der Waals surface area contributed by atoms with E-state index in [1.54, 1.807) is 32.4 Å². The van der Waals surface area contributed by atoms with Crippen LogP contribution in [0, 0.1) is 19.3 Å². The van der Waals surface area contributed by atoms with Gasteiger partial charge in [0.2, 0.25) is 0 Å². The van der Waals surface area contributed by atoms with E-state index in [0.717, 1.165) is 22.4 Å². The summed E-state index contributed by atoms with van der Waals surface area (Å²) in [7, 11) is 1.55. The number of allylic oxidation sites excluding steroid dienone is 3. The molecule has 1 aromatic carbocycles. The molecule has 1 amide bonds. The monoisotopic (exact) mass is 619 g/mol. The number of anilines is 1. The molecule has 44 heavy (non-hydrogen) atoms. The third-order valence-electron chi connectivity index (χ3n) is 7.71. The summed E-state index contributed by atoms with van der Waals surface area (Å²) in [6, 6.07) is 10.5. The van der Waals surface area contributed by atoms with Gasteiger partial charge in [0.1, 0.15) is 17.3 Å². The molecule has 0 saturated heterocycles. The first-order chi connectivity index (χ1) is 20.8. The Morgan fingerprint density at radius 3 is 2.59 bits per heavy atom. The number of thioether (sulfide) groups is 1. The zero-order valence-corrected chi connectivity index (χ0v) is 26.4. The highest BCUT2D eigenvalue weighted by Crippen LogP contribution is 2.47. The Bertz CT molecular complexity index is 1690. The minimum Gasteiger partial charge on any atom is -0.496 e. The number of rotatable bonds is 8. The van der Waals surface area contributed by atoms with Crippen LogP contribution < -0.4 is 15.4 Å². The third-order valence-corrected chi connectivity index (χ3v) is 8.61. The lowest BCUT2D eigenvalue weighted by Gasteiger charge is -2.39. The number of pyridine rings is 1. The van der Waals surface area contributed by atoms with Gasteiger partial charge in [0.15, 0.2) is 10.9 Å². The number of dihydropyridines is 1. The Morgan fingerprint density at radius 1 is 1.14 bits per heavy atom. The fourth-order valence-electron chi connectivity index (χ4n) is 5.77. The Kier molecular flexibility index (Phi) is 8.88. The van der Waals surface area contributed by atoms with Crippen molar-refractivity contribution in [1.82, 2.24) is 20.3 Å². The number of methoxy groups -OCH3 is 1. The largest absolute Gasteiger partial charge is 0.496 e. The summed E-state index contributed by atoms with van der Waals surface area (Å²) in [6.45, 7) is 9.53. The van der Waals surface area contributed by atoms with Crippen LogP contribution in [-0.2, 0) is 15.3 Å². The molecule has 2 aromatic heterocycles. The van der Waals surface area contributed by atoms with Crippen molar-refractivity contribution in [3.05, 3.63) is 93.2 Å². The van der Waals surface area contributed by atoms with E-state index in [4.69, 9.17) is 4.74 Å². The highest BCUT2D eigenvalue weighted by molar-refractivity contribution is 7.98. The van der Waals surface area contributed by atoms with Crippen molar-refractivity contribution in [2.75, 3.05) is 12.4 Å². The second-order valence-corrected chi connectivity index (χ2v) is 12.9. The predicted octanol–water partition coefficient (Wildman–Crippen LogP) is 6.97. The minimum absolute atomic E-state index is 0.0144. The molecule has 0 unspecified atom stereocenters. The molecule has 2 N–H and O–H groups in total. The number of aryl methyl sites for hydroxylation is 2. The number of halogens is 2. The summed E-state index contributed by atoms with van der Waals surface area (Å²) in [5.74, 6) is 0.287. The fourth-order valence-corrected chi connectivity index (χ4v) is 6.66. The van der Waals surface area contributed by atoms with Crippen molar-refractivity contribution in [2.45, 2.75) is 70.7 Å². The molecule has 0 bridgehead atoms. The van der Waals surface area contributed by atoms with Crippen molar-refractivity contribution in [3.63, 3.8) is 0 Å². The number of amides is 1. The summed E-state index contributed by atoms with van der Waals surface area (Å²) >= 11 is 1.21. The standard InChI is InChI=1S/C33H35F2N5O3S/c1-17-7-10-26(36-15-17)40-31(42)27-19(3)38-23-13-33(4,5)14-24(41)29(23)28(27)20-8-9-25(43-6)21(12-20)16-44-32-37-18(2)11-22(39-32)30(34)35/h7-12,15,28,30,38H,13-14,16H2,1-6H3,(H,36,40,42)/t28-/m0/s1. The summed E-state index contributed by atoms with van der Waals surface area (Å²) in [5.41, 5.74) is 4.82. The molecule has 0 saturated carbocycles. The van der Waals surface area contributed by atoms with Gasteiger partial charge < -0.3 is 15.4 Å². The lowest BCUT2D eigenvalue weighted by molar-refractivity contribution is -0.118. The van der Waals surface area contributed by atoms with Gasteiger partial charge in [0.05, 0.1) is 7.11 Å². The maximum Gasteiger partial charge on any atom is 0.280 e. The number of nitrogens with one attached hydrogen (secondary N) is 2. The molecule has 2 aliphatic rings. The average Bonchev–Trinajstić information content (AvgIpc) is 2.95. The van der Waals surface area contributed by atoms with Gasteiger partial charge in [-0.3, -0.25) is 9.59 Å². The van der Waals surface area contributed by atoms with Gasteiger partial charge in [-0.25, -0.2) is 23.7 Å². The van der Waals surface area contributed by atoms with Crippen LogP contribution in [0.4, 0.5) is 14.6 Å². The normalized spacial score (nSPS) is 17.8. The number of benzene rings is 1. The lowest BCUT2D eigenvalue weighted by Crippen LogP contribution is -2.39. The van der Waals surface area contributed by atoms with Gasteiger partial charge in [-0.1, -0.05) is 43.8 Å². The van der Waals surface area contributed by atoms with E-state index in [1.165, 1.54) is 17.8 Å². The van der Waals surface area contributed by atoms with Gasteiger partial charge >= 0.3 is 0 Å². The maximum absolute atomic E-state index is 13.9. The number of hydrogen-bond acceptors (Lipinski definition) is 8. The van der Waals surface area contributed by atoms with Crippen molar-refractivity contribution in [3.8, 4) is 5.75 Å². The maximum atomic E-state index is 13.9. The van der Waals surface area contributed by atoms with E-state index in [1.807, 2.05) is 32.0 Å². The van der Waals surface area contributed by atoms with Crippen LogP contribution in [0.5, 0.6) is 5.75 Å². The third kappa shape index (κ3) is 6.67. The number of carbonyl (C=O) groups excluding carboxylic acids is 2. The van der Waals surface area contributed by atoms with Crippen LogP contribution >= 0.6 is 11.8 Å². The molecule has 1 atom stereocenters. The number of carbonyl (C=O) groups is 2. The summed E-state index contributed by atoms with van der Waals surface area (Å²) < 4.78 is 32.4. The van der Waals surface area contributed by atoms with Crippen LogP contribution in [0.3, 0.4) is 0 Å². The molecule has 0 radical (unpaired) electrons. The molecule has 11 heteroatoms. The predicted molar refractivity (Wildman–Crippen MR) is 166 cm³/mol. The Hall–Kier alpha value is -4.12. The van der Waals surface area contributed by atoms with Gasteiger partial charge in [-0.2, -0.15) is 0 Å². The Labute approximate surface area is 259 Å². The van der Waals surface area contributed by atoms with Crippen LogP contribution in [-0.4, -0.2) is 33.8 Å². The van der Waals surface area contributed by atoms with Crippen LogP contribution in [0.2, 0.25) is 0 Å². The van der Waals surface area contributed by atoms with Crippen molar-refractivity contribution in [1.29, 1.82) is 0 Å². The van der Waals surface area contributed by atoms with Gasteiger partial charge in [-0.15, -0.1) is 0 Å². The van der Waals surface area contributed by atoms with E-state index in [9.17, 15) is 18.4 Å². The summed E-state index contributed by atoms with van der Waals surface area (Å²) in [4.78, 5) is 40.3. The molecule has 1 aliphatic heterocycles. The summed E-state index contributed by atoms with van der Waals surface area (Å²) in [6.07, 6.45) is -0.0138. The number of ketones is 1. The second-order valence-electron chi connectivity index (χ2n) is 12.0. The number of nitrogens with zero attached hydrogens (tertiary/aromatic N) is 3. The number of aromatic nitrogens is 3. The molecule has 0 spiro atoms. The second kappa shape index (κ2) is 12.5. The van der Waals surface area contributed by atoms with Crippen molar-refractivity contribution < 1.29 is 23.1 Å². The van der Waals surface area contributed by atoms with E-state index >= 15 is 0 Å². The van der Waals surface area contributed by atoms with Crippen LogP contribution in [0.25, 0.3) is 0 Å². The number of ether oxygens (including phenoxy) is 1. The average molecular weight is 620 g/mol. The quantitative estimate of drug-likeness (QED) is 0.206.